The number of nitrogens with zero attached hydrogens (tertiary/aromatic N) is 1. The van der Waals surface area contributed by atoms with E-state index in [-0.39, 0.29) is 17.5 Å². The van der Waals surface area contributed by atoms with Crippen molar-refractivity contribution in [3.8, 4) is 0 Å². The first-order valence-electron chi connectivity index (χ1n) is 6.36. The van der Waals surface area contributed by atoms with Gasteiger partial charge in [0.05, 0.1) is 18.8 Å². The molecule has 0 radical (unpaired) electrons. The minimum atomic E-state index is 0.0600. The summed E-state index contributed by atoms with van der Waals surface area (Å²) in [5.41, 5.74) is 1.12. The summed E-state index contributed by atoms with van der Waals surface area (Å²) in [6, 6.07) is 0.190. The molecule has 2 fully saturated rings. The fourth-order valence-electron chi connectivity index (χ4n) is 2.35. The Balaban J connectivity index is 1.90. The van der Waals surface area contributed by atoms with Crippen LogP contribution in [0.5, 0.6) is 0 Å². The molecule has 2 aliphatic heterocycles. The lowest BCUT2D eigenvalue weighted by Crippen LogP contribution is -2.71. The lowest BCUT2D eigenvalue weighted by Gasteiger charge is -2.57. The Morgan fingerprint density at radius 3 is 2.59 bits per heavy atom. The number of hydrogen-bond acceptors (Lipinski definition) is 3. The van der Waals surface area contributed by atoms with Crippen molar-refractivity contribution in [3.63, 3.8) is 0 Å². The molecule has 96 valence electrons. The van der Waals surface area contributed by atoms with Crippen molar-refractivity contribution < 1.29 is 9.53 Å². The molecule has 17 heavy (non-hydrogen) atoms. The zero-order valence-corrected chi connectivity index (χ0v) is 11.0. The summed E-state index contributed by atoms with van der Waals surface area (Å²) in [7, 11) is 0. The molecule has 1 N–H and O–H groups in total. The number of hydrogen-bond donors (Lipinski definition) is 1. The summed E-state index contributed by atoms with van der Waals surface area (Å²) in [6.45, 7) is 9.38. The second kappa shape index (κ2) is 4.78. The number of likely N-dealkylation sites (tertiary alicyclic amines) is 1. The lowest BCUT2D eigenvalue weighted by molar-refractivity contribution is -0.189. The second-order valence-electron chi connectivity index (χ2n) is 5.33. The average Bonchev–Trinajstić information content (AvgIpc) is 2.13. The normalized spacial score (nSPS) is 23.4. The predicted octanol–water partition coefficient (Wildman–Crippen LogP) is 0.932. The Kier molecular flexibility index (Phi) is 3.54. The molecule has 0 aromatic carbocycles. The van der Waals surface area contributed by atoms with Crippen molar-refractivity contribution in [2.45, 2.75) is 38.8 Å². The van der Waals surface area contributed by atoms with Gasteiger partial charge in [0.25, 0.3) is 0 Å². The number of nitrogens with one attached hydrogen (secondary N) is 1. The molecule has 0 aromatic rings. The van der Waals surface area contributed by atoms with Crippen LogP contribution in [0.1, 0.15) is 27.2 Å². The van der Waals surface area contributed by atoms with Crippen LogP contribution < -0.4 is 5.32 Å². The summed E-state index contributed by atoms with van der Waals surface area (Å²) in [5, 5.41) is 2.95. The van der Waals surface area contributed by atoms with Gasteiger partial charge in [0, 0.05) is 24.7 Å². The van der Waals surface area contributed by atoms with Crippen molar-refractivity contribution in [2.75, 3.05) is 26.3 Å². The van der Waals surface area contributed by atoms with E-state index in [1.165, 1.54) is 6.42 Å². The molecule has 0 saturated carbocycles. The highest BCUT2D eigenvalue weighted by atomic mass is 16.5. The van der Waals surface area contributed by atoms with Crippen LogP contribution in [0.4, 0.5) is 0 Å². The molecule has 1 spiro atoms. The molecular formula is C13H22N2O2. The van der Waals surface area contributed by atoms with Gasteiger partial charge in [-0.3, -0.25) is 9.69 Å². The number of carbonyl (C=O) groups is 1. The van der Waals surface area contributed by atoms with Crippen LogP contribution in [-0.2, 0) is 9.53 Å². The van der Waals surface area contributed by atoms with Crippen LogP contribution in [0.3, 0.4) is 0 Å². The smallest absolute Gasteiger partial charge is 0.248 e. The molecule has 0 aliphatic carbocycles. The van der Waals surface area contributed by atoms with Crippen LogP contribution in [0.2, 0.25) is 0 Å². The topological polar surface area (TPSA) is 41.6 Å². The van der Waals surface area contributed by atoms with Gasteiger partial charge in [0.2, 0.25) is 5.91 Å². The largest absolute Gasteiger partial charge is 0.377 e. The highest BCUT2D eigenvalue weighted by Gasteiger charge is 2.50. The van der Waals surface area contributed by atoms with Gasteiger partial charge in [-0.2, -0.15) is 0 Å². The van der Waals surface area contributed by atoms with Gasteiger partial charge in [0.15, 0.2) is 0 Å². The minimum Gasteiger partial charge on any atom is -0.377 e. The van der Waals surface area contributed by atoms with E-state index in [9.17, 15) is 4.79 Å². The third-order valence-electron chi connectivity index (χ3n) is 3.68. The van der Waals surface area contributed by atoms with Gasteiger partial charge >= 0.3 is 0 Å². The average molecular weight is 238 g/mol. The van der Waals surface area contributed by atoms with Gasteiger partial charge < -0.3 is 10.1 Å². The highest BCUT2D eigenvalue weighted by Crippen LogP contribution is 2.37. The maximum Gasteiger partial charge on any atom is 0.248 e. The van der Waals surface area contributed by atoms with Crippen molar-refractivity contribution in [1.82, 2.24) is 10.2 Å². The molecular weight excluding hydrogens is 216 g/mol. The summed E-state index contributed by atoms with van der Waals surface area (Å²) < 4.78 is 5.29. The van der Waals surface area contributed by atoms with E-state index in [4.69, 9.17) is 4.74 Å². The predicted molar refractivity (Wildman–Crippen MR) is 66.8 cm³/mol. The Bertz CT molecular complexity index is 327. The third kappa shape index (κ3) is 2.38. The van der Waals surface area contributed by atoms with E-state index >= 15 is 0 Å². The minimum absolute atomic E-state index is 0.0600. The number of ether oxygens (including phenoxy) is 1. The van der Waals surface area contributed by atoms with Crippen molar-refractivity contribution in [3.05, 3.63) is 11.6 Å². The van der Waals surface area contributed by atoms with Crippen molar-refractivity contribution >= 4 is 5.91 Å². The zero-order chi connectivity index (χ0) is 12.5. The quantitative estimate of drug-likeness (QED) is 0.741. The van der Waals surface area contributed by atoms with Crippen LogP contribution in [0.15, 0.2) is 11.6 Å². The maximum absolute atomic E-state index is 11.9. The van der Waals surface area contributed by atoms with E-state index in [1.807, 2.05) is 26.8 Å². The molecule has 0 unspecified atom stereocenters. The van der Waals surface area contributed by atoms with E-state index in [1.54, 1.807) is 0 Å². The first kappa shape index (κ1) is 12.6. The first-order valence-corrected chi connectivity index (χ1v) is 6.36. The molecule has 0 atom stereocenters. The Morgan fingerprint density at radius 1 is 1.53 bits per heavy atom. The molecule has 2 rings (SSSR count). The van der Waals surface area contributed by atoms with E-state index in [2.05, 4.69) is 10.2 Å². The summed E-state index contributed by atoms with van der Waals surface area (Å²) in [6.07, 6.45) is 3.12. The fraction of sp³-hybridized carbons (Fsp3) is 0.769. The second-order valence-corrected chi connectivity index (χ2v) is 5.33. The number of amides is 1. The molecule has 4 nitrogen and oxygen atoms in total. The van der Waals surface area contributed by atoms with Gasteiger partial charge in [-0.1, -0.05) is 6.08 Å². The lowest BCUT2D eigenvalue weighted by atomic mass is 9.82. The van der Waals surface area contributed by atoms with E-state index < -0.39 is 0 Å². The molecule has 2 heterocycles. The van der Waals surface area contributed by atoms with Crippen LogP contribution in [0, 0.1) is 0 Å². The van der Waals surface area contributed by atoms with Gasteiger partial charge in [-0.05, 0) is 27.2 Å². The first-order chi connectivity index (χ1) is 8.07. The highest BCUT2D eigenvalue weighted by molar-refractivity contribution is 5.93. The molecule has 0 bridgehead atoms. The van der Waals surface area contributed by atoms with Gasteiger partial charge in [0.1, 0.15) is 0 Å². The Morgan fingerprint density at radius 2 is 2.24 bits per heavy atom. The van der Waals surface area contributed by atoms with Gasteiger partial charge in [-0.15, -0.1) is 0 Å². The summed E-state index contributed by atoms with van der Waals surface area (Å²) in [5.74, 6) is 0.0600. The van der Waals surface area contributed by atoms with Crippen LogP contribution in [0.25, 0.3) is 0 Å². The van der Waals surface area contributed by atoms with Gasteiger partial charge in [-0.25, -0.2) is 0 Å². The Hall–Kier alpha value is -0.870. The summed E-state index contributed by atoms with van der Waals surface area (Å²) >= 11 is 0. The molecule has 0 aromatic heterocycles. The monoisotopic (exact) mass is 238 g/mol. The zero-order valence-electron chi connectivity index (χ0n) is 11.0. The number of allylic oxidation sites excluding steroid dienone is 1. The number of carbonyl (C=O) groups excluding carboxylic acids is 1. The van der Waals surface area contributed by atoms with Crippen molar-refractivity contribution in [1.29, 1.82) is 0 Å². The van der Waals surface area contributed by atoms with Crippen molar-refractivity contribution in [2.24, 2.45) is 0 Å². The standard InChI is InChI=1S/C13H22N2O2/c1-4-11(12(16)14-10(2)3)7-15-6-5-13(15)8-17-9-13/h4,10H,5-9H2,1-3H3,(H,14,16)/b11-4+. The fourth-order valence-corrected chi connectivity index (χ4v) is 2.35. The van der Waals surface area contributed by atoms with E-state index in [0.29, 0.717) is 0 Å². The van der Waals surface area contributed by atoms with Crippen LogP contribution >= 0.6 is 0 Å². The molecule has 2 saturated heterocycles. The molecule has 4 heteroatoms. The maximum atomic E-state index is 11.9. The molecule has 1 amide bonds. The number of rotatable bonds is 4. The summed E-state index contributed by atoms with van der Waals surface area (Å²) in [4.78, 5) is 14.3. The van der Waals surface area contributed by atoms with Crippen LogP contribution in [-0.4, -0.2) is 48.7 Å². The van der Waals surface area contributed by atoms with E-state index in [0.717, 1.165) is 31.9 Å². The third-order valence-corrected chi connectivity index (χ3v) is 3.68. The molecule has 2 aliphatic rings. The Labute approximate surface area is 103 Å². The SMILES string of the molecule is C/C=C(\CN1CCC12COC2)C(=O)NC(C)C.